The Labute approximate surface area is 165 Å². The van der Waals surface area contributed by atoms with Crippen molar-refractivity contribution in [2.75, 3.05) is 0 Å². The molecule has 0 fully saturated rings. The molecule has 0 aliphatic heterocycles. The van der Waals surface area contributed by atoms with E-state index in [0.29, 0.717) is 17.6 Å². The molecule has 1 aromatic heterocycles. The summed E-state index contributed by atoms with van der Waals surface area (Å²) in [5.41, 5.74) is 1.20. The zero-order valence-electron chi connectivity index (χ0n) is 16.8. The molecule has 1 rings (SSSR count). The van der Waals surface area contributed by atoms with Gasteiger partial charge in [0.15, 0.2) is 0 Å². The molecule has 0 bridgehead atoms. The van der Waals surface area contributed by atoms with Crippen LogP contribution in [0.5, 0.6) is 0 Å². The first-order valence-electron chi connectivity index (χ1n) is 9.02. The normalized spacial score (nSPS) is 12.1. The van der Waals surface area contributed by atoms with Crippen molar-refractivity contribution in [1.29, 1.82) is 5.26 Å². The van der Waals surface area contributed by atoms with Crippen LogP contribution in [0.4, 0.5) is 0 Å². The van der Waals surface area contributed by atoms with Gasteiger partial charge in [-0.15, -0.1) is 0 Å². The van der Waals surface area contributed by atoms with Gasteiger partial charge in [0, 0.05) is 23.2 Å². The van der Waals surface area contributed by atoms with Crippen molar-refractivity contribution in [3.05, 3.63) is 74.0 Å². The second kappa shape index (κ2) is 13.7. The smallest absolute Gasteiger partial charge is 0.313 e. The summed E-state index contributed by atoms with van der Waals surface area (Å²) in [5.74, 6) is 0. The maximum Gasteiger partial charge on any atom is 0.328 e. The van der Waals surface area contributed by atoms with Crippen LogP contribution in [0.2, 0.25) is 0 Å². The quantitative estimate of drug-likeness (QED) is 0.503. The highest BCUT2D eigenvalue weighted by atomic mass is 32.2. The van der Waals surface area contributed by atoms with Crippen LogP contribution in [-0.2, 0) is 6.54 Å². The Hall–Kier alpha value is -2.52. The summed E-state index contributed by atoms with van der Waals surface area (Å²) in [6.45, 7) is 13.5. The van der Waals surface area contributed by atoms with Crippen LogP contribution in [-0.4, -0.2) is 9.55 Å². The van der Waals surface area contributed by atoms with Gasteiger partial charge in [0.05, 0.1) is 11.6 Å². The van der Waals surface area contributed by atoms with Gasteiger partial charge >= 0.3 is 5.69 Å². The monoisotopic (exact) mass is 387 g/mol. The number of nitriles is 1. The Morgan fingerprint density at radius 2 is 2.07 bits per heavy atom. The Morgan fingerprint density at radius 1 is 1.41 bits per heavy atom. The number of allylic oxidation sites excluding steroid dienone is 5. The van der Waals surface area contributed by atoms with E-state index < -0.39 is 5.69 Å². The van der Waals surface area contributed by atoms with E-state index in [1.807, 2.05) is 39.8 Å². The molecule has 0 aromatic carbocycles. The van der Waals surface area contributed by atoms with Gasteiger partial charge in [0.2, 0.25) is 0 Å². The molecule has 27 heavy (non-hydrogen) atoms. The van der Waals surface area contributed by atoms with Gasteiger partial charge in [-0.25, -0.2) is 4.79 Å². The van der Waals surface area contributed by atoms with E-state index in [0.717, 1.165) is 16.9 Å². The molecular formula is C21H29N3O2S. The van der Waals surface area contributed by atoms with Crippen LogP contribution in [0, 0.1) is 11.3 Å². The third-order valence-corrected chi connectivity index (χ3v) is 4.34. The second-order valence-corrected chi connectivity index (χ2v) is 6.29. The number of H-pyrrole nitrogens is 1. The van der Waals surface area contributed by atoms with E-state index in [-0.39, 0.29) is 12.1 Å². The van der Waals surface area contributed by atoms with Crippen LogP contribution >= 0.6 is 11.8 Å². The van der Waals surface area contributed by atoms with Crippen molar-refractivity contribution in [2.45, 2.75) is 54.0 Å². The average molecular weight is 388 g/mol. The van der Waals surface area contributed by atoms with Crippen LogP contribution in [0.3, 0.4) is 0 Å². The third-order valence-electron chi connectivity index (χ3n) is 3.47. The fraction of sp³-hybridized carbons (Fsp3) is 0.381. The van der Waals surface area contributed by atoms with Crippen LogP contribution in [0.25, 0.3) is 4.91 Å². The van der Waals surface area contributed by atoms with E-state index in [4.69, 9.17) is 5.26 Å². The van der Waals surface area contributed by atoms with Gasteiger partial charge < -0.3 is 4.98 Å². The van der Waals surface area contributed by atoms with Gasteiger partial charge in [-0.05, 0) is 43.7 Å². The minimum atomic E-state index is -0.440. The molecule has 0 aliphatic rings. The van der Waals surface area contributed by atoms with Crippen molar-refractivity contribution in [1.82, 2.24) is 9.55 Å². The largest absolute Gasteiger partial charge is 0.328 e. The van der Waals surface area contributed by atoms with Gasteiger partial charge in [-0.2, -0.15) is 5.26 Å². The third kappa shape index (κ3) is 7.71. The molecule has 0 saturated carbocycles. The lowest BCUT2D eigenvalue weighted by molar-refractivity contribution is 0.626. The molecule has 1 heterocycles. The van der Waals surface area contributed by atoms with E-state index in [9.17, 15) is 9.59 Å². The zero-order chi connectivity index (χ0) is 20.8. The van der Waals surface area contributed by atoms with E-state index in [2.05, 4.69) is 17.6 Å². The number of aromatic nitrogens is 2. The predicted octanol–water partition coefficient (Wildman–Crippen LogP) is 5.00. The Bertz CT molecular complexity index is 865. The van der Waals surface area contributed by atoms with Gasteiger partial charge in [0.1, 0.15) is 0 Å². The molecule has 0 radical (unpaired) electrons. The molecule has 0 aliphatic carbocycles. The molecule has 0 atom stereocenters. The number of rotatable bonds is 8. The molecule has 0 unspecified atom stereocenters. The average Bonchev–Trinajstić information content (AvgIpc) is 2.68. The molecular weight excluding hydrogens is 358 g/mol. The molecule has 1 N–H and O–H groups in total. The van der Waals surface area contributed by atoms with Crippen molar-refractivity contribution in [2.24, 2.45) is 0 Å². The van der Waals surface area contributed by atoms with Crippen molar-refractivity contribution in [3.8, 4) is 6.07 Å². The Balaban J connectivity index is 0.00000326. The lowest BCUT2D eigenvalue weighted by atomic mass is 10.1. The van der Waals surface area contributed by atoms with Crippen molar-refractivity contribution >= 4 is 16.7 Å². The summed E-state index contributed by atoms with van der Waals surface area (Å²) in [4.78, 5) is 28.1. The first-order chi connectivity index (χ1) is 13.0. The van der Waals surface area contributed by atoms with Crippen molar-refractivity contribution in [3.63, 3.8) is 0 Å². The van der Waals surface area contributed by atoms with E-state index >= 15 is 0 Å². The maximum atomic E-state index is 12.7. The number of nitrogens with zero attached hydrogens (tertiary/aromatic N) is 2. The lowest BCUT2D eigenvalue weighted by Crippen LogP contribution is -2.36. The molecule has 146 valence electrons. The fourth-order valence-corrected chi connectivity index (χ4v) is 2.90. The summed E-state index contributed by atoms with van der Waals surface area (Å²) in [6, 6.07) is 2.08. The molecule has 0 spiro atoms. The Kier molecular flexibility index (Phi) is 12.4. The summed E-state index contributed by atoms with van der Waals surface area (Å²) in [7, 11) is 0. The molecule has 0 saturated heterocycles. The minimum absolute atomic E-state index is 0.249. The predicted molar refractivity (Wildman–Crippen MR) is 116 cm³/mol. The summed E-state index contributed by atoms with van der Waals surface area (Å²) < 4.78 is 1.20. The number of hydrogen-bond acceptors (Lipinski definition) is 4. The zero-order valence-corrected chi connectivity index (χ0v) is 17.7. The van der Waals surface area contributed by atoms with Crippen molar-refractivity contribution < 1.29 is 0 Å². The van der Waals surface area contributed by atoms with Crippen LogP contribution < -0.4 is 11.2 Å². The highest BCUT2D eigenvalue weighted by molar-refractivity contribution is 8.10. The fourth-order valence-electron chi connectivity index (χ4n) is 2.31. The first-order valence-corrected chi connectivity index (χ1v) is 9.90. The number of thioether (sulfide) groups is 1. The molecule has 0 amide bonds. The van der Waals surface area contributed by atoms with Crippen LogP contribution in [0.15, 0.2) is 57.1 Å². The highest BCUT2D eigenvalue weighted by Crippen LogP contribution is 2.24. The second-order valence-electron chi connectivity index (χ2n) is 5.28. The molecule has 5 nitrogen and oxygen atoms in total. The van der Waals surface area contributed by atoms with Gasteiger partial charge in [-0.3, -0.25) is 9.36 Å². The minimum Gasteiger partial charge on any atom is -0.313 e. The number of hydrogen-bond donors (Lipinski definition) is 1. The van der Waals surface area contributed by atoms with E-state index in [1.54, 1.807) is 18.4 Å². The number of aromatic amines is 1. The Morgan fingerprint density at radius 3 is 2.59 bits per heavy atom. The summed E-state index contributed by atoms with van der Waals surface area (Å²) in [6.07, 6.45) is 8.35. The molecule has 6 heteroatoms. The summed E-state index contributed by atoms with van der Waals surface area (Å²) >= 11 is 1.33. The maximum absolute atomic E-state index is 12.7. The first kappa shape index (κ1) is 24.5. The summed E-state index contributed by atoms with van der Waals surface area (Å²) in [5, 5.41) is 10.6. The van der Waals surface area contributed by atoms with Gasteiger partial charge in [-0.1, -0.05) is 51.3 Å². The topological polar surface area (TPSA) is 78.7 Å². The van der Waals surface area contributed by atoms with E-state index in [1.165, 1.54) is 22.5 Å². The number of nitrogens with one attached hydrogen (secondary N) is 1. The molecule has 1 aromatic rings. The van der Waals surface area contributed by atoms with Crippen LogP contribution in [0.1, 0.15) is 53.0 Å². The lowest BCUT2D eigenvalue weighted by Gasteiger charge is -2.09. The standard InChI is InChI=1S/C19H23N3O2S.C2H6/c1-5-8-15(11-14(4)12-20)9-10-22-18(23)16(13-21-19(22)24)17(6-2)25-7-3;1-2/h6-8,11,13H,3,5,9-10H2,1-2,4H3,(H,21,24);1-2H3/b14-11+,15-8-,17-6-;. The highest BCUT2D eigenvalue weighted by Gasteiger charge is 2.11. The van der Waals surface area contributed by atoms with Gasteiger partial charge in [0.25, 0.3) is 5.56 Å². The SMILES string of the molecule is C=CS/C(=C\C)c1c[nH]c(=O)n(CCC(=C/CC)/C=C(\C)C#N)c1=O.CC.